The molecule has 1 saturated heterocycles. The Morgan fingerprint density at radius 1 is 1.39 bits per heavy atom. The number of benzene rings is 1. The lowest BCUT2D eigenvalue weighted by Crippen LogP contribution is -2.46. The number of amides is 1. The Labute approximate surface area is 113 Å². The van der Waals surface area contributed by atoms with Crippen LogP contribution in [-0.2, 0) is 0 Å². The molecule has 0 aromatic heterocycles. The Morgan fingerprint density at radius 3 is 2.72 bits per heavy atom. The highest BCUT2D eigenvalue weighted by atomic mass is 32.2. The third-order valence-corrected chi connectivity index (χ3v) is 4.05. The maximum atomic E-state index is 12.1. The van der Waals surface area contributed by atoms with E-state index < -0.39 is 0 Å². The summed E-state index contributed by atoms with van der Waals surface area (Å²) < 4.78 is 0. The number of nitrogens with one attached hydrogen (secondary N) is 2. The van der Waals surface area contributed by atoms with Gasteiger partial charge in [0.2, 0.25) is 0 Å². The molecule has 98 valence electrons. The van der Waals surface area contributed by atoms with Gasteiger partial charge in [-0.3, -0.25) is 4.79 Å². The molecule has 1 aliphatic heterocycles. The Morgan fingerprint density at radius 2 is 2.11 bits per heavy atom. The number of carbonyl (C=O) groups excluding carboxylic acids is 1. The third kappa shape index (κ3) is 3.50. The van der Waals surface area contributed by atoms with E-state index in [0.717, 1.165) is 24.9 Å². The topological polar surface area (TPSA) is 41.1 Å². The minimum Gasteiger partial charge on any atom is -0.349 e. The van der Waals surface area contributed by atoms with Crippen LogP contribution in [0.3, 0.4) is 0 Å². The number of hydrogen-bond acceptors (Lipinski definition) is 3. The van der Waals surface area contributed by atoms with Gasteiger partial charge in [-0.15, -0.1) is 11.8 Å². The van der Waals surface area contributed by atoms with Crippen LogP contribution in [0.15, 0.2) is 29.2 Å². The van der Waals surface area contributed by atoms with Gasteiger partial charge in [0.05, 0.1) is 0 Å². The van der Waals surface area contributed by atoms with Crippen molar-refractivity contribution >= 4 is 17.7 Å². The molecule has 0 spiro atoms. The van der Waals surface area contributed by atoms with E-state index in [1.807, 2.05) is 30.5 Å². The molecule has 0 saturated carbocycles. The Hall–Kier alpha value is -1.00. The average molecular weight is 264 g/mol. The van der Waals surface area contributed by atoms with Crippen molar-refractivity contribution in [2.24, 2.45) is 0 Å². The number of hydrogen-bond donors (Lipinski definition) is 2. The summed E-state index contributed by atoms with van der Waals surface area (Å²) in [6.07, 6.45) is 4.05. The van der Waals surface area contributed by atoms with Gasteiger partial charge in [0.25, 0.3) is 5.91 Å². The molecule has 2 N–H and O–H groups in total. The standard InChI is InChI=1S/C14H20N2OS/c1-10-9-12(7-8-15-10)16-14(17)11-3-5-13(18-2)6-4-11/h3-6,10,12,15H,7-9H2,1-2H3,(H,16,17). The normalized spacial score (nSPS) is 23.7. The van der Waals surface area contributed by atoms with Gasteiger partial charge in [0.15, 0.2) is 0 Å². The van der Waals surface area contributed by atoms with Crippen LogP contribution in [0.4, 0.5) is 0 Å². The van der Waals surface area contributed by atoms with Gasteiger partial charge in [-0.25, -0.2) is 0 Å². The minimum absolute atomic E-state index is 0.0433. The van der Waals surface area contributed by atoms with Crippen LogP contribution in [-0.4, -0.2) is 30.8 Å². The number of thioether (sulfide) groups is 1. The predicted molar refractivity (Wildman–Crippen MR) is 76.2 cm³/mol. The van der Waals surface area contributed by atoms with Gasteiger partial charge in [0, 0.05) is 22.5 Å². The van der Waals surface area contributed by atoms with Crippen LogP contribution in [0, 0.1) is 0 Å². The van der Waals surface area contributed by atoms with E-state index in [2.05, 4.69) is 17.6 Å². The third-order valence-electron chi connectivity index (χ3n) is 3.31. The smallest absolute Gasteiger partial charge is 0.251 e. The van der Waals surface area contributed by atoms with Gasteiger partial charge in [0.1, 0.15) is 0 Å². The highest BCUT2D eigenvalue weighted by Gasteiger charge is 2.20. The van der Waals surface area contributed by atoms with Crippen LogP contribution in [0.2, 0.25) is 0 Å². The Balaban J connectivity index is 1.94. The van der Waals surface area contributed by atoms with Crippen molar-refractivity contribution in [1.82, 2.24) is 10.6 Å². The van der Waals surface area contributed by atoms with Crippen LogP contribution in [0.25, 0.3) is 0 Å². The molecule has 0 bridgehead atoms. The SMILES string of the molecule is CSc1ccc(C(=O)NC2CCNC(C)C2)cc1. The van der Waals surface area contributed by atoms with Gasteiger partial charge in [-0.05, 0) is 56.8 Å². The highest BCUT2D eigenvalue weighted by molar-refractivity contribution is 7.98. The molecule has 1 heterocycles. The first-order valence-electron chi connectivity index (χ1n) is 6.37. The minimum atomic E-state index is 0.0433. The first-order chi connectivity index (χ1) is 8.69. The molecule has 4 heteroatoms. The maximum Gasteiger partial charge on any atom is 0.251 e. The second kappa shape index (κ2) is 6.25. The Bertz CT molecular complexity index is 405. The predicted octanol–water partition coefficient (Wildman–Crippen LogP) is 2.28. The van der Waals surface area contributed by atoms with Crippen molar-refractivity contribution in [3.05, 3.63) is 29.8 Å². The number of carbonyl (C=O) groups is 1. The maximum absolute atomic E-state index is 12.1. The second-order valence-corrected chi connectivity index (χ2v) is 5.66. The molecule has 2 atom stereocenters. The largest absolute Gasteiger partial charge is 0.349 e. The molecule has 3 nitrogen and oxygen atoms in total. The van der Waals surface area contributed by atoms with E-state index in [1.54, 1.807) is 11.8 Å². The zero-order valence-electron chi connectivity index (χ0n) is 10.9. The van der Waals surface area contributed by atoms with E-state index in [4.69, 9.17) is 0 Å². The molecule has 1 fully saturated rings. The molecule has 2 rings (SSSR count). The summed E-state index contributed by atoms with van der Waals surface area (Å²) in [5.41, 5.74) is 0.749. The fraction of sp³-hybridized carbons (Fsp3) is 0.500. The summed E-state index contributed by atoms with van der Waals surface area (Å²) in [4.78, 5) is 13.3. The zero-order chi connectivity index (χ0) is 13.0. The first-order valence-corrected chi connectivity index (χ1v) is 7.60. The zero-order valence-corrected chi connectivity index (χ0v) is 11.7. The van der Waals surface area contributed by atoms with Gasteiger partial charge in [-0.1, -0.05) is 0 Å². The molecule has 2 unspecified atom stereocenters. The number of rotatable bonds is 3. The van der Waals surface area contributed by atoms with E-state index in [-0.39, 0.29) is 5.91 Å². The molecule has 1 aromatic rings. The monoisotopic (exact) mass is 264 g/mol. The van der Waals surface area contributed by atoms with Crippen molar-refractivity contribution in [3.63, 3.8) is 0 Å². The summed E-state index contributed by atoms with van der Waals surface area (Å²) in [6, 6.07) is 8.56. The lowest BCUT2D eigenvalue weighted by Gasteiger charge is -2.28. The van der Waals surface area contributed by atoms with Crippen molar-refractivity contribution in [2.75, 3.05) is 12.8 Å². The van der Waals surface area contributed by atoms with Crippen LogP contribution >= 0.6 is 11.8 Å². The van der Waals surface area contributed by atoms with Gasteiger partial charge < -0.3 is 10.6 Å². The fourth-order valence-corrected chi connectivity index (χ4v) is 2.68. The van der Waals surface area contributed by atoms with Crippen LogP contribution < -0.4 is 10.6 Å². The van der Waals surface area contributed by atoms with E-state index in [0.29, 0.717) is 12.1 Å². The summed E-state index contributed by atoms with van der Waals surface area (Å²) in [6.45, 7) is 3.14. The molecule has 0 aliphatic carbocycles. The fourth-order valence-electron chi connectivity index (χ4n) is 2.27. The summed E-state index contributed by atoms with van der Waals surface area (Å²) in [7, 11) is 0. The quantitative estimate of drug-likeness (QED) is 0.823. The molecule has 1 aliphatic rings. The average Bonchev–Trinajstić information content (AvgIpc) is 2.39. The Kier molecular flexibility index (Phi) is 4.66. The number of piperidine rings is 1. The molecule has 1 amide bonds. The van der Waals surface area contributed by atoms with Crippen LogP contribution in [0.5, 0.6) is 0 Å². The second-order valence-electron chi connectivity index (χ2n) is 4.78. The van der Waals surface area contributed by atoms with Crippen LogP contribution in [0.1, 0.15) is 30.1 Å². The van der Waals surface area contributed by atoms with E-state index >= 15 is 0 Å². The molecular weight excluding hydrogens is 244 g/mol. The lowest BCUT2D eigenvalue weighted by molar-refractivity contribution is 0.0925. The van der Waals surface area contributed by atoms with E-state index in [9.17, 15) is 4.79 Å². The van der Waals surface area contributed by atoms with Gasteiger partial charge in [-0.2, -0.15) is 0 Å². The van der Waals surface area contributed by atoms with E-state index in [1.165, 1.54) is 4.90 Å². The van der Waals surface area contributed by atoms with Crippen molar-refractivity contribution in [1.29, 1.82) is 0 Å². The first kappa shape index (κ1) is 13.4. The highest BCUT2D eigenvalue weighted by Crippen LogP contribution is 2.15. The summed E-state index contributed by atoms with van der Waals surface area (Å²) in [5.74, 6) is 0.0433. The summed E-state index contributed by atoms with van der Waals surface area (Å²) >= 11 is 1.69. The molecule has 0 radical (unpaired) electrons. The van der Waals surface area contributed by atoms with Crippen molar-refractivity contribution in [3.8, 4) is 0 Å². The lowest BCUT2D eigenvalue weighted by atomic mass is 10.0. The summed E-state index contributed by atoms with van der Waals surface area (Å²) in [5, 5.41) is 6.50. The van der Waals surface area contributed by atoms with Crippen molar-refractivity contribution < 1.29 is 4.79 Å². The van der Waals surface area contributed by atoms with Crippen molar-refractivity contribution in [2.45, 2.75) is 36.7 Å². The van der Waals surface area contributed by atoms with Gasteiger partial charge >= 0.3 is 0 Å². The molecular formula is C14H20N2OS. The molecule has 1 aromatic carbocycles. The molecule has 18 heavy (non-hydrogen) atoms.